The molecule has 1 aromatic carbocycles. The van der Waals surface area contributed by atoms with Crippen molar-refractivity contribution >= 4 is 16.9 Å². The lowest BCUT2D eigenvalue weighted by Crippen LogP contribution is -2.55. The number of rotatable bonds is 2. The molecule has 1 heterocycles. The van der Waals surface area contributed by atoms with Gasteiger partial charge in [-0.25, -0.2) is 0 Å². The third-order valence-electron chi connectivity index (χ3n) is 8.96. The van der Waals surface area contributed by atoms with Crippen LogP contribution >= 0.6 is 11.8 Å². The van der Waals surface area contributed by atoms with Crippen molar-refractivity contribution in [2.45, 2.75) is 71.2 Å². The highest BCUT2D eigenvalue weighted by molar-refractivity contribution is 8.14. The number of allylic oxidation sites excluding steroid dienone is 1. The van der Waals surface area contributed by atoms with Crippen LogP contribution in [0.5, 0.6) is 5.75 Å². The molecule has 3 unspecified atom stereocenters. The van der Waals surface area contributed by atoms with Gasteiger partial charge in [-0.15, -0.1) is 0 Å². The Kier molecular flexibility index (Phi) is 4.70. The van der Waals surface area contributed by atoms with E-state index in [1.54, 1.807) is 11.8 Å². The molecule has 156 valence electrons. The third kappa shape index (κ3) is 3.19. The molecule has 0 bridgehead atoms. The van der Waals surface area contributed by atoms with Gasteiger partial charge < -0.3 is 4.74 Å². The van der Waals surface area contributed by atoms with Crippen molar-refractivity contribution in [1.29, 1.82) is 0 Å². The van der Waals surface area contributed by atoms with Gasteiger partial charge >= 0.3 is 0 Å². The first-order valence-electron chi connectivity index (χ1n) is 11.4. The van der Waals surface area contributed by atoms with Crippen molar-refractivity contribution < 1.29 is 9.53 Å². The maximum absolute atomic E-state index is 12.1. The number of ether oxygens (including phenoxy) is 1. The van der Waals surface area contributed by atoms with Gasteiger partial charge in [0.1, 0.15) is 5.75 Å². The lowest BCUT2D eigenvalue weighted by Gasteiger charge is -2.59. The van der Waals surface area contributed by atoms with E-state index in [9.17, 15) is 4.79 Å². The minimum Gasteiger partial charge on any atom is -0.490 e. The fourth-order valence-electron chi connectivity index (χ4n) is 7.43. The van der Waals surface area contributed by atoms with Gasteiger partial charge in [-0.3, -0.25) is 4.79 Å². The summed E-state index contributed by atoms with van der Waals surface area (Å²) in [7, 11) is 0. The molecular weight excluding hydrogens is 376 g/mol. The highest BCUT2D eigenvalue weighted by Gasteiger charge is 2.61. The lowest BCUT2D eigenvalue weighted by atomic mass is 9.48. The van der Waals surface area contributed by atoms with Gasteiger partial charge in [-0.2, -0.15) is 0 Å². The molecular formula is C26H34O2S. The van der Waals surface area contributed by atoms with E-state index in [0.29, 0.717) is 28.6 Å². The maximum Gasteiger partial charge on any atom is 0.212 e. The molecule has 3 saturated carbocycles. The number of hydrogen-bond donors (Lipinski definition) is 0. The summed E-state index contributed by atoms with van der Waals surface area (Å²) in [5, 5.41) is 0.716. The molecule has 5 rings (SSSR count). The van der Waals surface area contributed by atoms with Crippen LogP contribution < -0.4 is 4.74 Å². The van der Waals surface area contributed by atoms with E-state index in [4.69, 9.17) is 4.74 Å². The van der Waals surface area contributed by atoms with Crippen molar-refractivity contribution in [3.63, 3.8) is 0 Å². The first-order chi connectivity index (χ1) is 13.8. The number of thioether (sulfide) groups is 1. The van der Waals surface area contributed by atoms with Crippen LogP contribution in [0.3, 0.4) is 0 Å². The third-order valence-corrected chi connectivity index (χ3v) is 10.3. The standard InChI is InChI=1S/C26H34O2S/c1-16-5-7-18(8-6-16)28-19-14-21-24-17(2)13-22-26(4,12-10-23(27)29-22)20(24)9-11-25(21,3)15-19/h5-8,10,12,17,19-22,24H,9,11,13-15H2,1-4H3/t17?,19?,20-,21+,22?,24-,25-,26-/m1/s1. The second kappa shape index (κ2) is 6.90. The van der Waals surface area contributed by atoms with E-state index >= 15 is 0 Å². The van der Waals surface area contributed by atoms with Gasteiger partial charge in [0.25, 0.3) is 0 Å². The lowest BCUT2D eigenvalue weighted by molar-refractivity contribution is -0.108. The summed E-state index contributed by atoms with van der Waals surface area (Å²) in [4.78, 5) is 12.1. The SMILES string of the molecule is Cc1ccc(OC2C[C@H]3[C@@H]4C(C)CC5SC(=O)C=C[C@]5(C)[C@@H]4CC[C@]3(C)C2)cc1. The molecule has 0 N–H and O–H groups in total. The van der Waals surface area contributed by atoms with E-state index in [0.717, 1.165) is 17.6 Å². The monoisotopic (exact) mass is 410 g/mol. The largest absolute Gasteiger partial charge is 0.490 e. The fourth-order valence-corrected chi connectivity index (χ4v) is 8.76. The van der Waals surface area contributed by atoms with Crippen LogP contribution in [-0.4, -0.2) is 16.5 Å². The molecule has 2 nitrogen and oxygen atoms in total. The zero-order chi connectivity index (χ0) is 20.4. The number of hydrogen-bond acceptors (Lipinski definition) is 3. The molecule has 29 heavy (non-hydrogen) atoms. The Morgan fingerprint density at radius 2 is 1.86 bits per heavy atom. The van der Waals surface area contributed by atoms with Crippen molar-refractivity contribution in [3.8, 4) is 5.75 Å². The maximum atomic E-state index is 12.1. The quantitative estimate of drug-likeness (QED) is 0.562. The van der Waals surface area contributed by atoms with E-state index in [-0.39, 0.29) is 10.5 Å². The van der Waals surface area contributed by atoms with Gasteiger partial charge in [0.15, 0.2) is 0 Å². The smallest absolute Gasteiger partial charge is 0.212 e. The normalized spacial score (nSPS) is 46.0. The summed E-state index contributed by atoms with van der Waals surface area (Å²) in [5.41, 5.74) is 1.85. The van der Waals surface area contributed by atoms with E-state index in [1.165, 1.54) is 37.7 Å². The average Bonchev–Trinajstić information content (AvgIpc) is 3.01. The molecule has 0 aromatic heterocycles. The summed E-state index contributed by atoms with van der Waals surface area (Å²) in [6.45, 7) is 9.55. The van der Waals surface area contributed by atoms with Crippen molar-refractivity contribution in [1.82, 2.24) is 0 Å². The van der Waals surface area contributed by atoms with Gasteiger partial charge in [0.2, 0.25) is 5.12 Å². The Hall–Kier alpha value is -1.22. The van der Waals surface area contributed by atoms with Crippen molar-refractivity contribution in [2.75, 3.05) is 0 Å². The highest BCUT2D eigenvalue weighted by atomic mass is 32.2. The summed E-state index contributed by atoms with van der Waals surface area (Å²) < 4.78 is 6.49. The van der Waals surface area contributed by atoms with E-state index < -0.39 is 0 Å². The van der Waals surface area contributed by atoms with Gasteiger partial charge in [0, 0.05) is 10.7 Å². The van der Waals surface area contributed by atoms with Crippen LogP contribution in [0.2, 0.25) is 0 Å². The fraction of sp³-hybridized carbons (Fsp3) is 0.654. The van der Waals surface area contributed by atoms with Gasteiger partial charge in [0.05, 0.1) is 6.10 Å². The summed E-state index contributed by atoms with van der Waals surface area (Å²) in [5.74, 6) is 3.89. The number of aryl methyl sites for hydroxylation is 1. The topological polar surface area (TPSA) is 26.3 Å². The minimum atomic E-state index is 0.174. The summed E-state index contributed by atoms with van der Waals surface area (Å²) >= 11 is 1.61. The highest BCUT2D eigenvalue weighted by Crippen LogP contribution is 2.66. The van der Waals surface area contributed by atoms with Gasteiger partial charge in [-0.1, -0.05) is 56.3 Å². The molecule has 0 amide bonds. The zero-order valence-electron chi connectivity index (χ0n) is 18.2. The second-order valence-corrected chi connectivity index (χ2v) is 12.0. The first kappa shape index (κ1) is 19.7. The number of carbonyl (C=O) groups is 1. The zero-order valence-corrected chi connectivity index (χ0v) is 19.0. The molecule has 0 spiro atoms. The molecule has 8 atom stereocenters. The molecule has 0 saturated heterocycles. The van der Waals surface area contributed by atoms with Crippen LogP contribution in [0.1, 0.15) is 58.4 Å². The molecule has 1 aliphatic heterocycles. The summed E-state index contributed by atoms with van der Waals surface area (Å²) in [6, 6.07) is 8.54. The number of carbonyl (C=O) groups excluding carboxylic acids is 1. The molecule has 3 aliphatic carbocycles. The Bertz CT molecular complexity index is 830. The summed E-state index contributed by atoms with van der Waals surface area (Å²) in [6.07, 6.45) is 10.6. The molecule has 3 heteroatoms. The van der Waals surface area contributed by atoms with E-state index in [2.05, 4.69) is 58.0 Å². The average molecular weight is 411 g/mol. The van der Waals surface area contributed by atoms with Crippen LogP contribution in [0.25, 0.3) is 0 Å². The van der Waals surface area contributed by atoms with Crippen molar-refractivity contribution in [2.24, 2.45) is 34.5 Å². The van der Waals surface area contributed by atoms with Crippen molar-refractivity contribution in [3.05, 3.63) is 42.0 Å². The predicted molar refractivity (Wildman–Crippen MR) is 120 cm³/mol. The molecule has 3 fully saturated rings. The van der Waals surface area contributed by atoms with Crippen LogP contribution in [0.4, 0.5) is 0 Å². The Balaban J connectivity index is 1.40. The Labute approximate surface area is 179 Å². The molecule has 1 aromatic rings. The number of fused-ring (bicyclic) bond motifs is 5. The van der Waals surface area contributed by atoms with Crippen LogP contribution in [-0.2, 0) is 4.79 Å². The Morgan fingerprint density at radius 1 is 1.10 bits per heavy atom. The molecule has 4 aliphatic rings. The first-order valence-corrected chi connectivity index (χ1v) is 12.3. The van der Waals surface area contributed by atoms with Crippen LogP contribution in [0, 0.1) is 41.4 Å². The minimum absolute atomic E-state index is 0.174. The number of benzene rings is 1. The van der Waals surface area contributed by atoms with Gasteiger partial charge in [-0.05, 0) is 86.3 Å². The second-order valence-electron chi connectivity index (χ2n) is 10.8. The van der Waals surface area contributed by atoms with E-state index in [1.807, 2.05) is 6.08 Å². The molecule has 0 radical (unpaired) electrons. The van der Waals surface area contributed by atoms with Crippen LogP contribution in [0.15, 0.2) is 36.4 Å². The Morgan fingerprint density at radius 3 is 2.62 bits per heavy atom. The predicted octanol–water partition coefficient (Wildman–Crippen LogP) is 6.43.